The van der Waals surface area contributed by atoms with Gasteiger partial charge in [0.15, 0.2) is 0 Å². The molecule has 6 nitrogen and oxygen atoms in total. The zero-order valence-corrected chi connectivity index (χ0v) is 15.9. The third-order valence-corrected chi connectivity index (χ3v) is 5.36. The van der Waals surface area contributed by atoms with Crippen LogP contribution in [0.4, 0.5) is 4.39 Å². The molecule has 2 aromatic carbocycles. The highest BCUT2D eigenvalue weighted by atomic mass is 32.1. The minimum atomic E-state index is -0.502. The highest BCUT2D eigenvalue weighted by Gasteiger charge is 2.34. The van der Waals surface area contributed by atoms with Crippen LogP contribution in [-0.2, 0) is 16.0 Å². The number of amides is 2. The van der Waals surface area contributed by atoms with Crippen LogP contribution in [0.15, 0.2) is 53.9 Å². The number of thiazole rings is 1. The quantitative estimate of drug-likeness (QED) is 0.460. The number of nitrogens with zero attached hydrogens (tertiary/aromatic N) is 2. The van der Waals surface area contributed by atoms with Gasteiger partial charge in [-0.15, -0.1) is 11.3 Å². The molecule has 0 fully saturated rings. The molecule has 1 aliphatic rings. The molecule has 0 spiro atoms. The molecule has 0 unspecified atom stereocenters. The number of ether oxygens (including phenoxy) is 1. The summed E-state index contributed by atoms with van der Waals surface area (Å²) in [4.78, 5) is 42.0. The van der Waals surface area contributed by atoms with Gasteiger partial charge in [-0.2, -0.15) is 0 Å². The van der Waals surface area contributed by atoms with Crippen molar-refractivity contribution in [1.29, 1.82) is 0 Å². The molecule has 1 aromatic heterocycles. The van der Waals surface area contributed by atoms with E-state index in [1.807, 2.05) is 0 Å². The normalized spacial score (nSPS) is 12.9. The Morgan fingerprint density at radius 1 is 1.03 bits per heavy atom. The summed E-state index contributed by atoms with van der Waals surface area (Å²) >= 11 is 1.35. The van der Waals surface area contributed by atoms with Crippen molar-refractivity contribution in [2.75, 3.05) is 13.2 Å². The molecule has 0 saturated carbocycles. The van der Waals surface area contributed by atoms with Gasteiger partial charge in [0.1, 0.15) is 17.4 Å². The van der Waals surface area contributed by atoms with Crippen LogP contribution in [0.1, 0.15) is 26.4 Å². The molecule has 0 bridgehead atoms. The van der Waals surface area contributed by atoms with Crippen LogP contribution < -0.4 is 0 Å². The Balaban J connectivity index is 1.30. The van der Waals surface area contributed by atoms with E-state index in [4.69, 9.17) is 4.74 Å². The lowest BCUT2D eigenvalue weighted by molar-refractivity contribution is -0.143. The number of carbonyl (C=O) groups is 3. The van der Waals surface area contributed by atoms with Crippen LogP contribution in [0.5, 0.6) is 0 Å². The van der Waals surface area contributed by atoms with E-state index in [2.05, 4.69) is 4.98 Å². The minimum Gasteiger partial charge on any atom is -0.463 e. The number of benzene rings is 2. The fourth-order valence-corrected chi connectivity index (χ4v) is 3.83. The van der Waals surface area contributed by atoms with Crippen LogP contribution >= 0.6 is 11.3 Å². The average molecular weight is 410 g/mol. The van der Waals surface area contributed by atoms with Gasteiger partial charge in [-0.3, -0.25) is 19.3 Å². The smallest absolute Gasteiger partial charge is 0.311 e. The van der Waals surface area contributed by atoms with Crippen LogP contribution in [0.25, 0.3) is 10.6 Å². The van der Waals surface area contributed by atoms with Crippen molar-refractivity contribution in [1.82, 2.24) is 9.88 Å². The molecule has 1 aliphatic heterocycles. The zero-order chi connectivity index (χ0) is 20.4. The molecule has 0 aliphatic carbocycles. The summed E-state index contributed by atoms with van der Waals surface area (Å²) < 4.78 is 18.2. The fraction of sp³-hybridized carbons (Fsp3) is 0.143. The summed E-state index contributed by atoms with van der Waals surface area (Å²) in [5.41, 5.74) is 2.03. The van der Waals surface area contributed by atoms with Crippen LogP contribution in [0, 0.1) is 5.82 Å². The molecule has 146 valence electrons. The Morgan fingerprint density at radius 2 is 1.69 bits per heavy atom. The maximum absolute atomic E-state index is 13.0. The second-order valence-electron chi connectivity index (χ2n) is 6.36. The molecular weight excluding hydrogens is 395 g/mol. The Hall–Kier alpha value is -3.39. The number of carbonyl (C=O) groups excluding carboxylic acids is 3. The number of hydrogen-bond acceptors (Lipinski definition) is 6. The van der Waals surface area contributed by atoms with Gasteiger partial charge in [0.25, 0.3) is 11.8 Å². The maximum Gasteiger partial charge on any atom is 0.311 e. The summed E-state index contributed by atoms with van der Waals surface area (Å²) in [5.74, 6) is -1.60. The molecule has 2 amide bonds. The molecule has 2 heterocycles. The van der Waals surface area contributed by atoms with Gasteiger partial charge in [-0.1, -0.05) is 12.1 Å². The van der Waals surface area contributed by atoms with Gasteiger partial charge in [-0.25, -0.2) is 9.37 Å². The van der Waals surface area contributed by atoms with Gasteiger partial charge in [0.2, 0.25) is 0 Å². The van der Waals surface area contributed by atoms with Crippen molar-refractivity contribution in [2.45, 2.75) is 6.42 Å². The van der Waals surface area contributed by atoms with Crippen molar-refractivity contribution in [3.05, 3.63) is 76.5 Å². The number of halogens is 1. The number of imide groups is 1. The summed E-state index contributed by atoms with van der Waals surface area (Å²) in [6, 6.07) is 12.5. The second kappa shape index (κ2) is 7.92. The first-order valence-electron chi connectivity index (χ1n) is 8.84. The second-order valence-corrected chi connectivity index (χ2v) is 7.21. The number of rotatable bonds is 6. The van der Waals surface area contributed by atoms with Gasteiger partial charge in [0.05, 0.1) is 29.8 Å². The summed E-state index contributed by atoms with van der Waals surface area (Å²) in [7, 11) is 0. The fourth-order valence-electron chi connectivity index (χ4n) is 3.01. The van der Waals surface area contributed by atoms with E-state index in [0.29, 0.717) is 21.8 Å². The lowest BCUT2D eigenvalue weighted by Crippen LogP contribution is -2.33. The minimum absolute atomic E-state index is 0.00399. The zero-order valence-electron chi connectivity index (χ0n) is 15.1. The maximum atomic E-state index is 13.0. The first-order valence-corrected chi connectivity index (χ1v) is 9.72. The summed E-state index contributed by atoms with van der Waals surface area (Å²) in [6.07, 6.45) is -0.0280. The molecule has 0 saturated heterocycles. The first kappa shape index (κ1) is 18.9. The Kier molecular flexibility index (Phi) is 5.18. The Labute approximate surface area is 169 Å². The average Bonchev–Trinajstić information content (AvgIpc) is 3.27. The molecule has 3 aromatic rings. The lowest BCUT2D eigenvalue weighted by Gasteiger charge is -2.13. The van der Waals surface area contributed by atoms with Crippen molar-refractivity contribution >= 4 is 29.1 Å². The van der Waals surface area contributed by atoms with Gasteiger partial charge < -0.3 is 4.74 Å². The molecular formula is C21H15FN2O4S. The van der Waals surface area contributed by atoms with E-state index >= 15 is 0 Å². The van der Waals surface area contributed by atoms with Crippen molar-refractivity contribution in [3.8, 4) is 10.6 Å². The van der Waals surface area contributed by atoms with Crippen molar-refractivity contribution in [2.24, 2.45) is 0 Å². The Morgan fingerprint density at radius 3 is 2.34 bits per heavy atom. The first-order chi connectivity index (χ1) is 14.0. The van der Waals surface area contributed by atoms with Crippen molar-refractivity contribution in [3.63, 3.8) is 0 Å². The van der Waals surface area contributed by atoms with E-state index in [-0.39, 0.29) is 37.2 Å². The molecule has 0 N–H and O–H groups in total. The topological polar surface area (TPSA) is 76.6 Å². The third-order valence-electron chi connectivity index (χ3n) is 4.42. The predicted molar refractivity (Wildman–Crippen MR) is 104 cm³/mol. The standard InChI is InChI=1S/C21H15FN2O4S/c22-14-7-5-13(6-8-14)19-23-15(12-29-19)11-18(25)28-10-9-24-20(26)16-3-1-2-4-17(16)21(24)27/h1-8,12H,9-11H2. The molecule has 29 heavy (non-hydrogen) atoms. The van der Waals surface area contributed by atoms with E-state index in [1.165, 1.54) is 23.5 Å². The number of esters is 1. The van der Waals surface area contributed by atoms with E-state index < -0.39 is 5.97 Å². The van der Waals surface area contributed by atoms with Gasteiger partial charge in [0, 0.05) is 10.9 Å². The van der Waals surface area contributed by atoms with Crippen LogP contribution in [0.3, 0.4) is 0 Å². The van der Waals surface area contributed by atoms with E-state index in [0.717, 1.165) is 10.5 Å². The highest BCUT2D eigenvalue weighted by Crippen LogP contribution is 2.24. The monoisotopic (exact) mass is 410 g/mol. The van der Waals surface area contributed by atoms with Crippen LogP contribution in [0.2, 0.25) is 0 Å². The summed E-state index contributed by atoms with van der Waals surface area (Å²) in [5, 5.41) is 2.42. The Bertz CT molecular complexity index is 1060. The van der Waals surface area contributed by atoms with Crippen LogP contribution in [-0.4, -0.2) is 40.8 Å². The predicted octanol–water partition coefficient (Wildman–Crippen LogP) is 3.33. The van der Waals surface area contributed by atoms with Crippen molar-refractivity contribution < 1.29 is 23.5 Å². The lowest BCUT2D eigenvalue weighted by atomic mass is 10.1. The molecule has 8 heteroatoms. The SMILES string of the molecule is O=C(Cc1csc(-c2ccc(F)cc2)n1)OCCN1C(=O)c2ccccc2C1=O. The number of aromatic nitrogens is 1. The largest absolute Gasteiger partial charge is 0.463 e. The highest BCUT2D eigenvalue weighted by molar-refractivity contribution is 7.13. The number of hydrogen-bond donors (Lipinski definition) is 0. The molecule has 0 atom stereocenters. The number of fused-ring (bicyclic) bond motifs is 1. The van der Waals surface area contributed by atoms with E-state index in [1.54, 1.807) is 41.8 Å². The third kappa shape index (κ3) is 3.93. The summed E-state index contributed by atoms with van der Waals surface area (Å²) in [6.45, 7) is -0.0881. The van der Waals surface area contributed by atoms with Gasteiger partial charge >= 0.3 is 5.97 Å². The van der Waals surface area contributed by atoms with E-state index in [9.17, 15) is 18.8 Å². The van der Waals surface area contributed by atoms with Gasteiger partial charge in [-0.05, 0) is 36.4 Å². The molecule has 4 rings (SSSR count). The molecule has 0 radical (unpaired) electrons.